The zero-order chi connectivity index (χ0) is 28.3. The smallest absolute Gasteiger partial charge is 0.333 e. The molecular weight excluding hydrogens is 615 g/mol. The van der Waals surface area contributed by atoms with Gasteiger partial charge in [-0.3, -0.25) is 4.79 Å². The predicted molar refractivity (Wildman–Crippen MR) is 148 cm³/mol. The first kappa shape index (κ1) is 26.9. The van der Waals surface area contributed by atoms with Crippen molar-refractivity contribution in [1.29, 1.82) is 0 Å². The lowest BCUT2D eigenvalue weighted by Crippen LogP contribution is -2.34. The Bertz CT molecular complexity index is 2080. The summed E-state index contributed by atoms with van der Waals surface area (Å²) in [7, 11) is -8.26. The van der Waals surface area contributed by atoms with Gasteiger partial charge in [-0.25, -0.2) is 27.3 Å². The highest BCUT2D eigenvalue weighted by atomic mass is 35.5. The Balaban J connectivity index is 1.48. The van der Waals surface area contributed by atoms with Crippen molar-refractivity contribution in [3.8, 4) is 5.69 Å². The van der Waals surface area contributed by atoms with Crippen LogP contribution in [0, 0.1) is 0 Å². The van der Waals surface area contributed by atoms with E-state index in [2.05, 4.69) is 20.0 Å². The fraction of sp³-hybridized carbons (Fsp3) is 0.0476. The number of anilines is 2. The van der Waals surface area contributed by atoms with Gasteiger partial charge in [0.25, 0.3) is 25.6 Å². The van der Waals surface area contributed by atoms with E-state index in [0.717, 1.165) is 17.4 Å². The van der Waals surface area contributed by atoms with Crippen molar-refractivity contribution < 1.29 is 21.6 Å². The van der Waals surface area contributed by atoms with Crippen LogP contribution in [0.1, 0.15) is 6.92 Å². The molecule has 4 aromatic rings. The molecule has 0 radical (unpaired) electrons. The van der Waals surface area contributed by atoms with Gasteiger partial charge in [0.1, 0.15) is 14.9 Å². The fourth-order valence-electron chi connectivity index (χ4n) is 3.76. The van der Waals surface area contributed by atoms with E-state index in [-0.39, 0.29) is 52.3 Å². The normalized spacial score (nSPS) is 14.3. The summed E-state index contributed by atoms with van der Waals surface area (Å²) in [6.07, 6.45) is 0. The van der Waals surface area contributed by atoms with Crippen molar-refractivity contribution in [3.05, 3.63) is 72.7 Å². The molecule has 3 heterocycles. The van der Waals surface area contributed by atoms with E-state index >= 15 is 0 Å². The van der Waals surface area contributed by atoms with Crippen LogP contribution in [0.25, 0.3) is 16.6 Å². The minimum atomic E-state index is -4.18. The summed E-state index contributed by atoms with van der Waals surface area (Å²) in [5.74, 6) is 0.125. The first-order chi connectivity index (χ1) is 18.2. The Morgan fingerprint density at radius 2 is 1.85 bits per heavy atom. The van der Waals surface area contributed by atoms with E-state index in [1.54, 1.807) is 0 Å². The van der Waals surface area contributed by atoms with Gasteiger partial charge in [0.2, 0.25) is 0 Å². The van der Waals surface area contributed by atoms with Crippen molar-refractivity contribution >= 4 is 88.7 Å². The summed E-state index contributed by atoms with van der Waals surface area (Å²) < 4.78 is 55.8. The maximum Gasteiger partial charge on any atom is 0.333 e. The highest BCUT2D eigenvalue weighted by molar-refractivity contribution is 7.92. The van der Waals surface area contributed by atoms with Gasteiger partial charge in [0.15, 0.2) is 0 Å². The number of benzene rings is 2. The number of carbonyl (C=O) groups excluding carboxylic acids is 1. The first-order valence-electron chi connectivity index (χ1n) is 10.6. The molecule has 39 heavy (non-hydrogen) atoms. The molecule has 0 saturated carbocycles. The van der Waals surface area contributed by atoms with Crippen molar-refractivity contribution in [1.82, 2.24) is 14.3 Å². The van der Waals surface area contributed by atoms with E-state index < -0.39 is 37.3 Å². The molecule has 0 atom stereocenters. The quantitative estimate of drug-likeness (QED) is 0.265. The number of H-pyrrole nitrogens is 1. The summed E-state index contributed by atoms with van der Waals surface area (Å²) in [5.41, 5.74) is -1.53. The number of fused-ring (bicyclic) bond motifs is 2. The van der Waals surface area contributed by atoms with Crippen LogP contribution >= 0.6 is 34.5 Å². The zero-order valence-corrected chi connectivity index (χ0v) is 23.2. The summed E-state index contributed by atoms with van der Waals surface area (Å²) in [4.78, 5) is 40.7. The molecule has 1 aliphatic rings. The maximum atomic E-state index is 13.3. The van der Waals surface area contributed by atoms with Crippen LogP contribution in [0.4, 0.5) is 16.2 Å². The topological polar surface area (TPSA) is 189 Å². The third-order valence-corrected chi connectivity index (χ3v) is 10.1. The first-order valence-corrected chi connectivity index (χ1v) is 15.1. The van der Waals surface area contributed by atoms with Gasteiger partial charge in [0.05, 0.1) is 31.6 Å². The highest BCUT2D eigenvalue weighted by Gasteiger charge is 2.26. The van der Waals surface area contributed by atoms with Gasteiger partial charge in [-0.15, -0.1) is 15.7 Å². The number of carbonyl (C=O) groups is 1. The lowest BCUT2D eigenvalue weighted by molar-refractivity contribution is 0.256. The van der Waals surface area contributed by atoms with Gasteiger partial charge < -0.3 is 15.6 Å². The lowest BCUT2D eigenvalue weighted by atomic mass is 10.2. The molecule has 0 unspecified atom stereocenters. The van der Waals surface area contributed by atoms with Crippen molar-refractivity contribution in [2.45, 2.75) is 16.0 Å². The molecule has 0 fully saturated rings. The fourth-order valence-corrected chi connectivity index (χ4v) is 7.57. The molecule has 0 bridgehead atoms. The van der Waals surface area contributed by atoms with Crippen LogP contribution in [0.5, 0.6) is 0 Å². The Kier molecular flexibility index (Phi) is 6.54. The Morgan fingerprint density at radius 3 is 2.51 bits per heavy atom. The number of nitrogens with zero attached hydrogens (tertiary/aromatic N) is 2. The van der Waals surface area contributed by atoms with E-state index in [4.69, 9.17) is 23.2 Å². The van der Waals surface area contributed by atoms with Gasteiger partial charge in [0, 0.05) is 5.69 Å². The third kappa shape index (κ3) is 5.04. The van der Waals surface area contributed by atoms with Crippen LogP contribution in [-0.4, -0.2) is 38.3 Å². The number of amidine groups is 1. The largest absolute Gasteiger partial charge is 0.342 e. The molecule has 2 aromatic carbocycles. The molecule has 0 saturated heterocycles. The summed E-state index contributed by atoms with van der Waals surface area (Å²) >= 11 is 12.8. The average Bonchev–Trinajstić information content (AvgIpc) is 3.26. The van der Waals surface area contributed by atoms with E-state index in [1.807, 2.05) is 4.72 Å². The van der Waals surface area contributed by atoms with E-state index in [0.29, 0.717) is 4.57 Å². The SMILES string of the molecule is CC1=NS(=O)(=O)c2cc3c(=O)n(-c4ccc(NC(=O)NS(=O)(=O)c5ccc(Cl)s5)cc4Cl)c(=O)[nH]c3cc2N1. The van der Waals surface area contributed by atoms with Crippen LogP contribution < -0.4 is 26.6 Å². The molecule has 13 nitrogen and oxygen atoms in total. The molecule has 2 aromatic heterocycles. The zero-order valence-electron chi connectivity index (χ0n) is 19.3. The van der Waals surface area contributed by atoms with Gasteiger partial charge in [-0.05, 0) is 49.4 Å². The summed E-state index contributed by atoms with van der Waals surface area (Å²) in [5, 5.41) is 4.81. The van der Waals surface area contributed by atoms with Gasteiger partial charge >= 0.3 is 11.7 Å². The number of aromatic amines is 1. The monoisotopic (exact) mass is 628 g/mol. The molecule has 0 spiro atoms. The van der Waals surface area contributed by atoms with E-state index in [1.165, 1.54) is 43.3 Å². The van der Waals surface area contributed by atoms with Crippen LogP contribution in [0.3, 0.4) is 0 Å². The minimum Gasteiger partial charge on any atom is -0.342 e. The van der Waals surface area contributed by atoms with Gasteiger partial charge in [-0.2, -0.15) is 8.42 Å². The molecule has 1 aliphatic heterocycles. The van der Waals surface area contributed by atoms with Crippen molar-refractivity contribution in [2.24, 2.45) is 4.40 Å². The van der Waals surface area contributed by atoms with E-state index in [9.17, 15) is 31.2 Å². The average molecular weight is 629 g/mol. The number of hydrogen-bond acceptors (Lipinski definition) is 9. The van der Waals surface area contributed by atoms with Crippen LogP contribution in [-0.2, 0) is 20.0 Å². The number of nitrogens with one attached hydrogen (secondary N) is 4. The number of halogens is 2. The number of thiophene rings is 1. The lowest BCUT2D eigenvalue weighted by Gasteiger charge is -2.17. The number of hydrogen-bond donors (Lipinski definition) is 4. The second-order valence-electron chi connectivity index (χ2n) is 8.03. The summed E-state index contributed by atoms with van der Waals surface area (Å²) in [6.45, 7) is 1.45. The maximum absolute atomic E-state index is 13.3. The predicted octanol–water partition coefficient (Wildman–Crippen LogP) is 3.09. The van der Waals surface area contributed by atoms with Crippen LogP contribution in [0.2, 0.25) is 9.36 Å². The molecule has 0 aliphatic carbocycles. The second kappa shape index (κ2) is 9.49. The minimum absolute atomic E-state index is 0.0467. The van der Waals surface area contributed by atoms with Gasteiger partial charge in [-0.1, -0.05) is 23.2 Å². The molecule has 202 valence electrons. The second-order valence-corrected chi connectivity index (χ2v) is 13.6. The molecular formula is C21H14Cl2N6O7S3. The Hall–Kier alpha value is -3.70. The summed E-state index contributed by atoms with van der Waals surface area (Å²) in [6, 6.07) is 7.66. The highest BCUT2D eigenvalue weighted by Crippen LogP contribution is 2.30. The van der Waals surface area contributed by atoms with Crippen molar-refractivity contribution in [3.63, 3.8) is 0 Å². The Morgan fingerprint density at radius 1 is 1.10 bits per heavy atom. The van der Waals surface area contributed by atoms with Crippen LogP contribution in [0.15, 0.2) is 65.6 Å². The number of amides is 2. The number of sulfonamides is 2. The Labute approximate surface area is 233 Å². The standard InChI is InChI=1S/C21H14Cl2N6O7S3/c1-9-24-14-8-13-11(7-16(14)38(33,34)27-9)19(30)29(21(32)26-13)15-3-2-10(6-12(15)22)25-20(31)28-39(35,36)18-5-4-17(23)37-18/h2-8H,1H3,(H,24,27)(H,26,32)(H2,25,28,31). The number of rotatable bonds is 4. The third-order valence-electron chi connectivity index (χ3n) is 5.34. The molecule has 5 rings (SSSR count). The molecule has 18 heteroatoms. The number of aromatic nitrogens is 2. The van der Waals surface area contributed by atoms with Crippen molar-refractivity contribution in [2.75, 3.05) is 10.6 Å². The number of urea groups is 1. The molecule has 2 amide bonds. The molecule has 4 N–H and O–H groups in total.